The molecule has 0 spiro atoms. The first kappa shape index (κ1) is 24.1. The Morgan fingerprint density at radius 1 is 0.452 bits per heavy atom. The molecule has 3 nitrogen and oxygen atoms in total. The Balaban J connectivity index is 2.26. The van der Waals surface area contributed by atoms with Crippen LogP contribution in [-0.2, 0) is 19.6 Å². The van der Waals surface area contributed by atoms with Crippen LogP contribution in [0.1, 0.15) is 16.7 Å². The Morgan fingerprint density at radius 3 is 0.968 bits per heavy atom. The van der Waals surface area contributed by atoms with E-state index in [1.54, 1.807) is 9.81 Å². The minimum atomic E-state index is -2.56. The summed E-state index contributed by atoms with van der Waals surface area (Å²) in [7, 11) is 13.0. The van der Waals surface area contributed by atoms with E-state index in [-0.39, 0.29) is 0 Å². The van der Waals surface area contributed by atoms with Crippen molar-refractivity contribution in [3.05, 3.63) is 89.5 Å². The SMILES string of the molecule is CN(C)Cc1cccc[c]1[Bi]([c]1ccccc1CN(C)C)[c]1ccccc1CN(C)C. The van der Waals surface area contributed by atoms with Crippen LogP contribution in [0.25, 0.3) is 0 Å². The van der Waals surface area contributed by atoms with Gasteiger partial charge in [-0.25, -0.2) is 0 Å². The van der Waals surface area contributed by atoms with Gasteiger partial charge in [0.2, 0.25) is 0 Å². The second-order valence-corrected chi connectivity index (χ2v) is 17.2. The van der Waals surface area contributed by atoms with Crippen LogP contribution in [0.15, 0.2) is 72.8 Å². The second kappa shape index (κ2) is 11.3. The average Bonchev–Trinajstić information content (AvgIpc) is 2.70. The summed E-state index contributed by atoms with van der Waals surface area (Å²) < 4.78 is 4.80. The Labute approximate surface area is 197 Å². The fourth-order valence-corrected chi connectivity index (χ4v) is 14.8. The van der Waals surface area contributed by atoms with Crippen LogP contribution in [0.2, 0.25) is 0 Å². The van der Waals surface area contributed by atoms with Gasteiger partial charge < -0.3 is 0 Å². The Morgan fingerprint density at radius 2 is 0.710 bits per heavy atom. The van der Waals surface area contributed by atoms with Gasteiger partial charge in [0, 0.05) is 0 Å². The van der Waals surface area contributed by atoms with Crippen molar-refractivity contribution in [3.8, 4) is 0 Å². The first-order valence-electron chi connectivity index (χ1n) is 10.8. The molecule has 0 unspecified atom stereocenters. The van der Waals surface area contributed by atoms with Crippen LogP contribution in [0.3, 0.4) is 0 Å². The van der Waals surface area contributed by atoms with Crippen LogP contribution >= 0.6 is 0 Å². The predicted molar refractivity (Wildman–Crippen MR) is 136 cm³/mol. The normalized spacial score (nSPS) is 11.8. The number of benzene rings is 3. The molecule has 164 valence electrons. The van der Waals surface area contributed by atoms with Gasteiger partial charge in [0.15, 0.2) is 0 Å². The molecule has 0 radical (unpaired) electrons. The zero-order chi connectivity index (χ0) is 22.4. The van der Waals surface area contributed by atoms with Crippen molar-refractivity contribution >= 4 is 31.6 Å². The average molecular weight is 612 g/mol. The summed E-state index contributed by atoms with van der Waals surface area (Å²) in [4.78, 5) is 6.87. The molecule has 0 heterocycles. The molecule has 0 saturated carbocycles. The molecule has 0 atom stereocenters. The first-order chi connectivity index (χ1) is 14.9. The van der Waals surface area contributed by atoms with Crippen molar-refractivity contribution in [1.82, 2.24) is 14.7 Å². The fraction of sp³-hybridized carbons (Fsp3) is 0.333. The molecule has 0 saturated heterocycles. The maximum atomic E-state index is 2.41. The number of nitrogens with zero attached hydrogens (tertiary/aromatic N) is 3. The summed E-state index contributed by atoms with van der Waals surface area (Å²) in [6.45, 7) is 2.94. The van der Waals surface area contributed by atoms with Crippen LogP contribution < -0.4 is 9.81 Å². The van der Waals surface area contributed by atoms with Gasteiger partial charge in [-0.15, -0.1) is 0 Å². The molecule has 0 aromatic heterocycles. The molecular formula is C27H36BiN3. The zero-order valence-electron chi connectivity index (χ0n) is 19.8. The topological polar surface area (TPSA) is 9.72 Å². The third-order valence-corrected chi connectivity index (χ3v) is 15.9. The standard InChI is InChI=1S/3C9H12N.Bi/c3*1-10(2)8-9-6-4-3-5-7-9;/h3*3-6H,8H2,1-2H3;. The van der Waals surface area contributed by atoms with E-state index in [1.807, 2.05) is 0 Å². The number of rotatable bonds is 9. The maximum absolute atomic E-state index is 2.56. The van der Waals surface area contributed by atoms with Gasteiger partial charge >= 0.3 is 198 Å². The van der Waals surface area contributed by atoms with Crippen LogP contribution in [0, 0.1) is 0 Å². The van der Waals surface area contributed by atoms with Crippen LogP contribution in [-0.4, -0.2) is 78.7 Å². The third-order valence-electron chi connectivity index (χ3n) is 5.16. The summed E-state index contributed by atoms with van der Waals surface area (Å²) in [5.41, 5.74) is 4.43. The van der Waals surface area contributed by atoms with Gasteiger partial charge in [-0.1, -0.05) is 0 Å². The third kappa shape index (κ3) is 6.46. The van der Waals surface area contributed by atoms with Gasteiger partial charge in [-0.05, 0) is 0 Å². The number of hydrogen-bond acceptors (Lipinski definition) is 3. The molecule has 0 aliphatic rings. The summed E-state index contributed by atoms with van der Waals surface area (Å²) in [6, 6.07) is 27.5. The van der Waals surface area contributed by atoms with Gasteiger partial charge in [0.05, 0.1) is 0 Å². The molecule has 3 rings (SSSR count). The van der Waals surface area contributed by atoms with E-state index in [0.29, 0.717) is 0 Å². The van der Waals surface area contributed by atoms with Crippen LogP contribution in [0.5, 0.6) is 0 Å². The fourth-order valence-electron chi connectivity index (χ4n) is 4.00. The quantitative estimate of drug-likeness (QED) is 0.345. The van der Waals surface area contributed by atoms with E-state index in [9.17, 15) is 0 Å². The van der Waals surface area contributed by atoms with Gasteiger partial charge in [0.25, 0.3) is 0 Å². The zero-order valence-corrected chi connectivity index (χ0v) is 23.3. The molecule has 0 amide bonds. The van der Waals surface area contributed by atoms with Gasteiger partial charge in [0.1, 0.15) is 0 Å². The van der Waals surface area contributed by atoms with E-state index < -0.39 is 21.8 Å². The van der Waals surface area contributed by atoms with Gasteiger partial charge in [-0.2, -0.15) is 0 Å². The molecule has 0 aliphatic heterocycles. The summed E-state index contributed by atoms with van der Waals surface area (Å²) in [6.07, 6.45) is 0. The summed E-state index contributed by atoms with van der Waals surface area (Å²) in [5, 5.41) is 0. The molecule has 31 heavy (non-hydrogen) atoms. The van der Waals surface area contributed by atoms with Crippen LogP contribution in [0.4, 0.5) is 0 Å². The molecule has 3 aromatic rings. The van der Waals surface area contributed by atoms with Crippen molar-refractivity contribution in [3.63, 3.8) is 0 Å². The van der Waals surface area contributed by atoms with E-state index >= 15 is 0 Å². The van der Waals surface area contributed by atoms with Crippen molar-refractivity contribution in [1.29, 1.82) is 0 Å². The van der Waals surface area contributed by atoms with Crippen molar-refractivity contribution < 1.29 is 0 Å². The summed E-state index contributed by atoms with van der Waals surface area (Å²) in [5.74, 6) is 0. The van der Waals surface area contributed by atoms with Crippen molar-refractivity contribution in [2.45, 2.75) is 19.6 Å². The molecule has 4 heteroatoms. The van der Waals surface area contributed by atoms with Gasteiger partial charge in [-0.3, -0.25) is 0 Å². The molecule has 0 bridgehead atoms. The monoisotopic (exact) mass is 611 g/mol. The van der Waals surface area contributed by atoms with E-state index in [1.165, 1.54) is 16.7 Å². The predicted octanol–water partition coefficient (Wildman–Crippen LogP) is 2.39. The molecule has 0 fully saturated rings. The Kier molecular flexibility index (Phi) is 8.80. The number of hydrogen-bond donors (Lipinski definition) is 0. The molecule has 0 aliphatic carbocycles. The second-order valence-electron chi connectivity index (χ2n) is 8.93. The van der Waals surface area contributed by atoms with E-state index in [2.05, 4.69) is 130 Å². The Bertz CT molecular complexity index is 854. The minimum absolute atomic E-state index is 0.980. The van der Waals surface area contributed by atoms with Crippen molar-refractivity contribution in [2.24, 2.45) is 0 Å². The Hall–Kier alpha value is -1.58. The first-order valence-corrected chi connectivity index (χ1v) is 16.1. The molecular weight excluding hydrogens is 575 g/mol. The molecule has 3 aromatic carbocycles. The molecule has 0 N–H and O–H groups in total. The van der Waals surface area contributed by atoms with E-state index in [0.717, 1.165) is 19.6 Å². The summed E-state index contributed by atoms with van der Waals surface area (Å²) >= 11 is -2.56. The van der Waals surface area contributed by atoms with E-state index in [4.69, 9.17) is 0 Å². The van der Waals surface area contributed by atoms with Crippen molar-refractivity contribution in [2.75, 3.05) is 42.3 Å².